The molecule has 3 rings (SSSR count). The molecule has 1 atom stereocenters. The summed E-state index contributed by atoms with van der Waals surface area (Å²) < 4.78 is 7.39. The molecule has 2 aromatic rings. The molecule has 0 spiro atoms. The van der Waals surface area contributed by atoms with Gasteiger partial charge in [-0.1, -0.05) is 13.8 Å². The third-order valence-electron chi connectivity index (χ3n) is 5.19. The van der Waals surface area contributed by atoms with Gasteiger partial charge < -0.3 is 14.6 Å². The number of nitrogens with one attached hydrogen (secondary N) is 1. The van der Waals surface area contributed by atoms with E-state index in [0.717, 1.165) is 49.4 Å². The van der Waals surface area contributed by atoms with Crippen LogP contribution in [0.3, 0.4) is 0 Å². The summed E-state index contributed by atoms with van der Waals surface area (Å²) in [4.78, 5) is 15.2. The first-order valence-electron chi connectivity index (χ1n) is 9.15. The summed E-state index contributed by atoms with van der Waals surface area (Å²) in [7, 11) is 1.93. The van der Waals surface area contributed by atoms with Crippen molar-refractivity contribution in [1.29, 1.82) is 0 Å². The molecule has 1 aliphatic carbocycles. The van der Waals surface area contributed by atoms with Gasteiger partial charge in [-0.3, -0.25) is 9.48 Å². The lowest BCUT2D eigenvalue weighted by Crippen LogP contribution is -2.39. The van der Waals surface area contributed by atoms with Crippen molar-refractivity contribution in [2.24, 2.45) is 7.05 Å². The molecule has 25 heavy (non-hydrogen) atoms. The van der Waals surface area contributed by atoms with Gasteiger partial charge in [0, 0.05) is 24.3 Å². The van der Waals surface area contributed by atoms with E-state index in [-0.39, 0.29) is 5.91 Å². The Morgan fingerprint density at radius 3 is 2.80 bits per heavy atom. The number of amides is 1. The van der Waals surface area contributed by atoms with Gasteiger partial charge in [0.1, 0.15) is 11.5 Å². The first kappa shape index (κ1) is 17.7. The van der Waals surface area contributed by atoms with E-state index in [0.29, 0.717) is 18.3 Å². The highest BCUT2D eigenvalue weighted by atomic mass is 16.3. The highest BCUT2D eigenvalue weighted by Gasteiger charge is 2.30. The Balaban J connectivity index is 1.75. The second-order valence-corrected chi connectivity index (χ2v) is 6.71. The van der Waals surface area contributed by atoms with E-state index in [1.165, 1.54) is 5.69 Å². The van der Waals surface area contributed by atoms with Gasteiger partial charge in [0.2, 0.25) is 0 Å². The zero-order chi connectivity index (χ0) is 18.0. The fourth-order valence-corrected chi connectivity index (χ4v) is 3.84. The van der Waals surface area contributed by atoms with Crippen LogP contribution in [0.2, 0.25) is 0 Å². The smallest absolute Gasteiger partial charge is 0.272 e. The molecule has 136 valence electrons. The summed E-state index contributed by atoms with van der Waals surface area (Å²) in [5.74, 6) is 1.49. The Bertz CT molecular complexity index is 743. The predicted octanol–water partition coefficient (Wildman–Crippen LogP) is 2.45. The fraction of sp³-hybridized carbons (Fsp3) is 0.579. The number of carbonyl (C=O) groups is 1. The molecule has 1 amide bonds. The van der Waals surface area contributed by atoms with Gasteiger partial charge in [0.25, 0.3) is 5.91 Å². The summed E-state index contributed by atoms with van der Waals surface area (Å²) in [6.45, 7) is 8.75. The van der Waals surface area contributed by atoms with Crippen LogP contribution >= 0.6 is 0 Å². The Morgan fingerprint density at radius 1 is 1.40 bits per heavy atom. The number of aryl methyl sites for hydroxylation is 2. The Morgan fingerprint density at radius 2 is 2.16 bits per heavy atom. The number of furan rings is 1. The largest absolute Gasteiger partial charge is 0.465 e. The van der Waals surface area contributed by atoms with Crippen LogP contribution in [-0.2, 0) is 26.4 Å². The summed E-state index contributed by atoms with van der Waals surface area (Å²) in [6.07, 6.45) is 3.00. The van der Waals surface area contributed by atoms with Gasteiger partial charge >= 0.3 is 0 Å². The van der Waals surface area contributed by atoms with E-state index in [1.54, 1.807) is 0 Å². The maximum Gasteiger partial charge on any atom is 0.272 e. The van der Waals surface area contributed by atoms with Crippen molar-refractivity contribution in [3.63, 3.8) is 0 Å². The minimum atomic E-state index is -0.119. The van der Waals surface area contributed by atoms with Crippen LogP contribution in [-0.4, -0.2) is 39.7 Å². The molecule has 0 aliphatic heterocycles. The van der Waals surface area contributed by atoms with Crippen LogP contribution in [0.25, 0.3) is 0 Å². The summed E-state index contributed by atoms with van der Waals surface area (Å²) in [5, 5.41) is 7.45. The van der Waals surface area contributed by atoms with Gasteiger partial charge in [-0.05, 0) is 51.4 Å². The van der Waals surface area contributed by atoms with Crippen LogP contribution in [0.15, 0.2) is 16.5 Å². The number of hydrogen-bond acceptors (Lipinski definition) is 4. The van der Waals surface area contributed by atoms with Crippen molar-refractivity contribution in [3.05, 3.63) is 40.6 Å². The monoisotopic (exact) mass is 344 g/mol. The lowest BCUT2D eigenvalue weighted by atomic mass is 9.90. The molecule has 0 fully saturated rings. The molecule has 0 saturated carbocycles. The minimum absolute atomic E-state index is 0.119. The average molecular weight is 344 g/mol. The molecule has 0 radical (unpaired) electrons. The van der Waals surface area contributed by atoms with Gasteiger partial charge in [0.15, 0.2) is 5.69 Å². The highest BCUT2D eigenvalue weighted by Crippen LogP contribution is 2.27. The number of likely N-dealkylation sites (N-methyl/N-ethyl adjacent to an activating group) is 1. The van der Waals surface area contributed by atoms with E-state index in [1.807, 2.05) is 30.8 Å². The fourth-order valence-electron chi connectivity index (χ4n) is 3.84. The Hall–Kier alpha value is -2.08. The summed E-state index contributed by atoms with van der Waals surface area (Å²) in [5.41, 5.74) is 2.87. The molecule has 6 heteroatoms. The van der Waals surface area contributed by atoms with Crippen molar-refractivity contribution >= 4 is 5.91 Å². The molecule has 1 N–H and O–H groups in total. The van der Waals surface area contributed by atoms with Gasteiger partial charge in [0.05, 0.1) is 6.54 Å². The number of aromatic nitrogens is 2. The van der Waals surface area contributed by atoms with Crippen LogP contribution in [0.1, 0.15) is 53.5 Å². The quantitative estimate of drug-likeness (QED) is 0.874. The van der Waals surface area contributed by atoms with Crippen molar-refractivity contribution < 1.29 is 9.21 Å². The third-order valence-corrected chi connectivity index (χ3v) is 5.19. The molecule has 2 heterocycles. The third kappa shape index (κ3) is 3.63. The molecule has 0 aromatic carbocycles. The van der Waals surface area contributed by atoms with Crippen molar-refractivity contribution in [1.82, 2.24) is 20.0 Å². The van der Waals surface area contributed by atoms with Crippen LogP contribution < -0.4 is 5.32 Å². The highest BCUT2D eigenvalue weighted by molar-refractivity contribution is 5.94. The number of carbonyl (C=O) groups excluding carboxylic acids is 1. The molecule has 1 aliphatic rings. The van der Waals surface area contributed by atoms with E-state index in [2.05, 4.69) is 29.2 Å². The van der Waals surface area contributed by atoms with Crippen LogP contribution in [0, 0.1) is 6.92 Å². The Kier molecular flexibility index (Phi) is 5.27. The second-order valence-electron chi connectivity index (χ2n) is 6.71. The van der Waals surface area contributed by atoms with E-state index < -0.39 is 0 Å². The zero-order valence-electron chi connectivity index (χ0n) is 15.6. The maximum atomic E-state index is 12.7. The molecule has 6 nitrogen and oxygen atoms in total. The van der Waals surface area contributed by atoms with Gasteiger partial charge in [-0.25, -0.2) is 0 Å². The van der Waals surface area contributed by atoms with Crippen molar-refractivity contribution in [3.8, 4) is 0 Å². The van der Waals surface area contributed by atoms with E-state index in [9.17, 15) is 4.79 Å². The Labute approximate surface area is 149 Å². The predicted molar refractivity (Wildman–Crippen MR) is 96.6 cm³/mol. The summed E-state index contributed by atoms with van der Waals surface area (Å²) in [6, 6.07) is 4.28. The first-order chi connectivity index (χ1) is 12.0. The number of hydrogen-bond donors (Lipinski definition) is 1. The lowest BCUT2D eigenvalue weighted by Gasteiger charge is -2.32. The average Bonchev–Trinajstić information content (AvgIpc) is 3.17. The topological polar surface area (TPSA) is 63.3 Å². The number of rotatable bonds is 6. The van der Waals surface area contributed by atoms with Crippen molar-refractivity contribution in [2.45, 2.75) is 52.6 Å². The van der Waals surface area contributed by atoms with Crippen LogP contribution in [0.4, 0.5) is 0 Å². The standard InChI is InChI=1S/C19H28N4O2/c1-5-23(6-2)14-8-10-17-16(11-14)18(21-22(17)4)19(24)20-12-15-9-7-13(3)25-15/h7,9,14H,5-6,8,10-12H2,1-4H3,(H,20,24)/t14-/m1/s1. The van der Waals surface area contributed by atoms with Crippen molar-refractivity contribution in [2.75, 3.05) is 13.1 Å². The molecule has 2 aromatic heterocycles. The van der Waals surface area contributed by atoms with E-state index in [4.69, 9.17) is 4.42 Å². The zero-order valence-corrected chi connectivity index (χ0v) is 15.6. The minimum Gasteiger partial charge on any atom is -0.465 e. The molecule has 0 bridgehead atoms. The van der Waals surface area contributed by atoms with Crippen LogP contribution in [0.5, 0.6) is 0 Å². The molecular weight excluding hydrogens is 316 g/mol. The first-order valence-corrected chi connectivity index (χ1v) is 9.15. The SMILES string of the molecule is CCN(CC)[C@@H]1CCc2c(c(C(=O)NCc3ccc(C)o3)nn2C)C1. The van der Waals surface area contributed by atoms with E-state index >= 15 is 0 Å². The maximum absolute atomic E-state index is 12.7. The second kappa shape index (κ2) is 7.44. The van der Waals surface area contributed by atoms with Gasteiger partial charge in [-0.2, -0.15) is 5.10 Å². The molecule has 0 saturated heterocycles. The summed E-state index contributed by atoms with van der Waals surface area (Å²) >= 11 is 0. The van der Waals surface area contributed by atoms with Gasteiger partial charge in [-0.15, -0.1) is 0 Å². The molecular formula is C19H28N4O2. The number of fused-ring (bicyclic) bond motifs is 1. The number of nitrogens with zero attached hydrogens (tertiary/aromatic N) is 3. The normalized spacial score (nSPS) is 16.9. The lowest BCUT2D eigenvalue weighted by molar-refractivity contribution is 0.0940. The molecule has 0 unspecified atom stereocenters.